The molecule has 0 aromatic carbocycles. The van der Waals surface area contributed by atoms with Gasteiger partial charge in [0.1, 0.15) is 19.8 Å². The summed E-state index contributed by atoms with van der Waals surface area (Å²) < 4.78 is 34.8. The van der Waals surface area contributed by atoms with Crippen LogP contribution >= 0.6 is 7.82 Å². The fourth-order valence-corrected chi connectivity index (χ4v) is 11.7. The van der Waals surface area contributed by atoms with Crippen molar-refractivity contribution in [1.29, 1.82) is 0 Å². The molecule has 2 unspecified atom stereocenters. The molecule has 0 saturated heterocycles. The summed E-state index contributed by atoms with van der Waals surface area (Å²) in [7, 11) is 1.49. The maximum absolute atomic E-state index is 12.9. The van der Waals surface area contributed by atoms with Crippen molar-refractivity contribution in [3.8, 4) is 0 Å². The molecule has 0 fully saturated rings. The molecule has 10 heteroatoms. The summed E-state index contributed by atoms with van der Waals surface area (Å²) in [6.45, 7) is 4.37. The van der Waals surface area contributed by atoms with E-state index in [1.54, 1.807) is 0 Å². The van der Waals surface area contributed by atoms with E-state index in [4.69, 9.17) is 18.5 Å². The van der Waals surface area contributed by atoms with Gasteiger partial charge in [-0.25, -0.2) is 4.57 Å². The van der Waals surface area contributed by atoms with Crippen molar-refractivity contribution in [2.24, 2.45) is 0 Å². The molecule has 0 aliphatic carbocycles. The molecular formula is C79H145NO8P+. The Morgan fingerprint density at radius 1 is 0.360 bits per heavy atom. The van der Waals surface area contributed by atoms with Gasteiger partial charge in [0.2, 0.25) is 0 Å². The Morgan fingerprint density at radius 2 is 0.640 bits per heavy atom. The number of esters is 2. The maximum atomic E-state index is 12.9. The largest absolute Gasteiger partial charge is 0.472 e. The first-order valence-electron chi connectivity index (χ1n) is 37.8. The van der Waals surface area contributed by atoms with Crippen LogP contribution in [0, 0.1) is 0 Å². The van der Waals surface area contributed by atoms with Crippen molar-refractivity contribution in [2.75, 3.05) is 47.5 Å². The number of rotatable bonds is 70. The Hall–Kier alpha value is -2.81. The Balaban J connectivity index is 4.00. The number of carbonyl (C=O) groups is 2. The number of hydrogen-bond acceptors (Lipinski definition) is 7. The second-order valence-electron chi connectivity index (χ2n) is 26.7. The van der Waals surface area contributed by atoms with E-state index in [1.807, 2.05) is 21.1 Å². The van der Waals surface area contributed by atoms with Crippen LogP contribution in [0.5, 0.6) is 0 Å². The first-order valence-corrected chi connectivity index (χ1v) is 39.3. The van der Waals surface area contributed by atoms with E-state index >= 15 is 0 Å². The van der Waals surface area contributed by atoms with E-state index in [2.05, 4.69) is 98.9 Å². The third-order valence-corrected chi connectivity index (χ3v) is 17.7. The van der Waals surface area contributed by atoms with E-state index in [1.165, 1.54) is 238 Å². The van der Waals surface area contributed by atoms with Crippen molar-refractivity contribution >= 4 is 19.8 Å². The van der Waals surface area contributed by atoms with Crippen LogP contribution in [0.2, 0.25) is 0 Å². The van der Waals surface area contributed by atoms with E-state index in [0.29, 0.717) is 23.9 Å². The zero-order valence-corrected chi connectivity index (χ0v) is 60.1. The number of unbranched alkanes of at least 4 members (excludes halogenated alkanes) is 42. The summed E-state index contributed by atoms with van der Waals surface area (Å²) in [6, 6.07) is 0. The van der Waals surface area contributed by atoms with E-state index < -0.39 is 26.5 Å². The van der Waals surface area contributed by atoms with Crippen LogP contribution in [0.15, 0.2) is 85.1 Å². The molecule has 0 rings (SSSR count). The fraction of sp³-hybridized carbons (Fsp3) is 0.797. The predicted molar refractivity (Wildman–Crippen MR) is 385 cm³/mol. The van der Waals surface area contributed by atoms with Crippen molar-refractivity contribution in [1.82, 2.24) is 0 Å². The third kappa shape index (κ3) is 74.1. The molecule has 0 aromatic heterocycles. The van der Waals surface area contributed by atoms with Crippen LogP contribution in [0.3, 0.4) is 0 Å². The standard InChI is InChI=1S/C79H144NO8P/c1-6-8-10-12-14-16-18-20-22-24-26-28-30-32-34-36-38-39-40-41-42-44-46-48-50-52-54-56-58-60-62-64-66-68-70-72-79(82)88-77(76-87-89(83,84)86-74-73-80(3,4)5)75-85-78(81)71-69-67-65-63-61-59-57-55-53-51-49-47-45-43-37-35-33-31-29-27-25-23-21-19-17-15-13-11-9-7-2/h8,10,14,16,20,22,26,28,32,34,38-39,41-42,77H,6-7,9,11-13,15,17-19,21,23-25,27,29-31,33,35-37,40,43-76H2,1-5H3/p+1/b10-8-,16-14-,22-20-,28-26-,34-32-,39-38-,42-41-. The first kappa shape index (κ1) is 86.2. The number of phosphoric ester groups is 1. The number of nitrogens with zero attached hydrogens (tertiary/aromatic N) is 1. The second kappa shape index (κ2) is 69.5. The van der Waals surface area contributed by atoms with Gasteiger partial charge in [0.05, 0.1) is 27.7 Å². The molecule has 0 saturated carbocycles. The van der Waals surface area contributed by atoms with Crippen LogP contribution in [0.4, 0.5) is 0 Å². The lowest BCUT2D eigenvalue weighted by molar-refractivity contribution is -0.870. The fourth-order valence-electron chi connectivity index (χ4n) is 10.9. The van der Waals surface area contributed by atoms with Gasteiger partial charge in [-0.1, -0.05) is 356 Å². The number of likely N-dealkylation sites (N-methyl/N-ethyl adjacent to an activating group) is 1. The lowest BCUT2D eigenvalue weighted by Gasteiger charge is -2.24. The van der Waals surface area contributed by atoms with Crippen LogP contribution < -0.4 is 0 Å². The van der Waals surface area contributed by atoms with Gasteiger partial charge >= 0.3 is 19.8 Å². The SMILES string of the molecule is CC/C=C\C/C=C\C/C=C\C/C=C\C/C=C\C/C=C\C/C=C\CCCCCCCCCCCCCCCC(=O)OC(COC(=O)CCCCCCCCCCCCCCCCCCCCCCCCCCCCCCCC)COP(=O)(O)OCC[N+](C)(C)C. The van der Waals surface area contributed by atoms with Crippen molar-refractivity contribution in [2.45, 2.75) is 360 Å². The number of ether oxygens (including phenoxy) is 2. The minimum atomic E-state index is -4.40. The Bertz CT molecular complexity index is 1780. The smallest absolute Gasteiger partial charge is 0.462 e. The molecule has 2 atom stereocenters. The minimum absolute atomic E-state index is 0.0310. The Labute approximate surface area is 551 Å². The zero-order valence-electron chi connectivity index (χ0n) is 59.2. The molecule has 0 aromatic rings. The highest BCUT2D eigenvalue weighted by Crippen LogP contribution is 2.43. The van der Waals surface area contributed by atoms with Crippen LogP contribution in [-0.2, 0) is 32.7 Å². The minimum Gasteiger partial charge on any atom is -0.462 e. The predicted octanol–water partition coefficient (Wildman–Crippen LogP) is 24.9. The maximum Gasteiger partial charge on any atom is 0.472 e. The van der Waals surface area contributed by atoms with Gasteiger partial charge in [0.15, 0.2) is 6.10 Å². The summed E-state index contributed by atoms with van der Waals surface area (Å²) in [5.41, 5.74) is 0. The lowest BCUT2D eigenvalue weighted by Crippen LogP contribution is -2.37. The highest BCUT2D eigenvalue weighted by atomic mass is 31.2. The van der Waals surface area contributed by atoms with Crippen LogP contribution in [-0.4, -0.2) is 74.9 Å². The highest BCUT2D eigenvalue weighted by Gasteiger charge is 2.27. The molecule has 0 amide bonds. The van der Waals surface area contributed by atoms with Gasteiger partial charge in [-0.2, -0.15) is 0 Å². The van der Waals surface area contributed by atoms with E-state index in [0.717, 1.165) is 83.5 Å². The molecule has 1 N–H and O–H groups in total. The summed E-state index contributed by atoms with van der Waals surface area (Å²) in [4.78, 5) is 35.9. The molecule has 0 heterocycles. The Kier molecular flexibility index (Phi) is 67.3. The molecule has 9 nitrogen and oxygen atoms in total. The molecule has 518 valence electrons. The quantitative estimate of drug-likeness (QED) is 0.0211. The van der Waals surface area contributed by atoms with Gasteiger partial charge in [-0.3, -0.25) is 18.6 Å². The van der Waals surface area contributed by atoms with Crippen molar-refractivity contribution in [3.05, 3.63) is 85.1 Å². The summed E-state index contributed by atoms with van der Waals surface area (Å²) >= 11 is 0. The van der Waals surface area contributed by atoms with Gasteiger partial charge < -0.3 is 18.9 Å². The normalized spacial score (nSPS) is 13.6. The molecule has 0 bridgehead atoms. The molecule has 0 spiro atoms. The van der Waals surface area contributed by atoms with Gasteiger partial charge in [0, 0.05) is 12.8 Å². The summed E-state index contributed by atoms with van der Waals surface area (Å²) in [5.74, 6) is -0.784. The molecule has 89 heavy (non-hydrogen) atoms. The van der Waals surface area contributed by atoms with Crippen LogP contribution in [0.1, 0.15) is 354 Å². The number of hydrogen-bond donors (Lipinski definition) is 1. The zero-order chi connectivity index (χ0) is 64.8. The summed E-state index contributed by atoms with van der Waals surface area (Å²) in [5, 5.41) is 0. The highest BCUT2D eigenvalue weighted by molar-refractivity contribution is 7.47. The average Bonchev–Trinajstić information content (AvgIpc) is 3.60. The summed E-state index contributed by atoms with van der Waals surface area (Å²) in [6.07, 6.45) is 95.7. The molecule has 0 aliphatic rings. The van der Waals surface area contributed by atoms with Gasteiger partial charge in [-0.15, -0.1) is 0 Å². The molecule has 0 radical (unpaired) electrons. The number of phosphoric acid groups is 1. The Morgan fingerprint density at radius 3 is 0.955 bits per heavy atom. The molecular weight excluding hydrogens is 1120 g/mol. The topological polar surface area (TPSA) is 108 Å². The van der Waals surface area contributed by atoms with Crippen molar-refractivity contribution < 1.29 is 42.1 Å². The lowest BCUT2D eigenvalue weighted by atomic mass is 10.0. The number of quaternary nitrogens is 1. The second-order valence-corrected chi connectivity index (χ2v) is 28.1. The number of carbonyl (C=O) groups excluding carboxylic acids is 2. The van der Waals surface area contributed by atoms with E-state index in [-0.39, 0.29) is 25.6 Å². The number of allylic oxidation sites excluding steroid dienone is 14. The molecule has 0 aliphatic heterocycles. The average molecular weight is 1270 g/mol. The first-order chi connectivity index (χ1) is 43.5. The van der Waals surface area contributed by atoms with E-state index in [9.17, 15) is 19.0 Å². The van der Waals surface area contributed by atoms with Crippen molar-refractivity contribution in [3.63, 3.8) is 0 Å². The van der Waals surface area contributed by atoms with Crippen LogP contribution in [0.25, 0.3) is 0 Å². The van der Waals surface area contributed by atoms with Gasteiger partial charge in [-0.05, 0) is 70.6 Å². The third-order valence-electron chi connectivity index (χ3n) is 16.7. The van der Waals surface area contributed by atoms with Gasteiger partial charge in [0.25, 0.3) is 0 Å². The monoisotopic (exact) mass is 1270 g/mol.